The summed E-state index contributed by atoms with van der Waals surface area (Å²) in [6.07, 6.45) is 0. The fourth-order valence-electron chi connectivity index (χ4n) is 2.76. The van der Waals surface area contributed by atoms with E-state index in [1.807, 2.05) is 38.1 Å². The zero-order valence-corrected chi connectivity index (χ0v) is 20.1. The second-order valence-electron chi connectivity index (χ2n) is 7.16. The monoisotopic (exact) mass is 509 g/mol. The van der Waals surface area contributed by atoms with E-state index >= 15 is 0 Å². The minimum Gasteiger partial charge on any atom is -0.352 e. The highest BCUT2D eigenvalue weighted by molar-refractivity contribution is 14.0. The average molecular weight is 509 g/mol. The van der Waals surface area contributed by atoms with Crippen LogP contribution in [0.25, 0.3) is 0 Å². The van der Waals surface area contributed by atoms with Gasteiger partial charge in [0.1, 0.15) is 0 Å². The van der Waals surface area contributed by atoms with Gasteiger partial charge in [-0.3, -0.25) is 4.99 Å². The van der Waals surface area contributed by atoms with E-state index in [9.17, 15) is 4.79 Å². The van der Waals surface area contributed by atoms with Crippen molar-refractivity contribution in [3.8, 4) is 0 Å². The third kappa shape index (κ3) is 8.72. The quantitative estimate of drug-likeness (QED) is 0.266. The smallest absolute Gasteiger partial charge is 0.319 e. The van der Waals surface area contributed by atoms with Gasteiger partial charge in [0, 0.05) is 31.9 Å². The number of carbonyl (C=O) groups excluding carboxylic acids is 1. The van der Waals surface area contributed by atoms with E-state index in [0.29, 0.717) is 6.54 Å². The number of urea groups is 1. The number of anilines is 1. The fraction of sp³-hybridized carbons (Fsp3) is 0.364. The number of halogens is 1. The molecule has 0 aliphatic carbocycles. The predicted octanol–water partition coefficient (Wildman–Crippen LogP) is 4.32. The molecule has 6 nitrogen and oxygen atoms in total. The van der Waals surface area contributed by atoms with Crippen LogP contribution in [0.15, 0.2) is 47.5 Å². The number of aryl methyl sites for hydroxylation is 2. The Balaban J connectivity index is 0.00000420. The third-order valence-corrected chi connectivity index (χ3v) is 4.26. The van der Waals surface area contributed by atoms with Crippen molar-refractivity contribution in [2.75, 3.05) is 12.4 Å². The lowest BCUT2D eigenvalue weighted by atomic mass is 10.1. The van der Waals surface area contributed by atoms with Crippen molar-refractivity contribution in [1.82, 2.24) is 16.0 Å². The van der Waals surface area contributed by atoms with Gasteiger partial charge in [0.05, 0.1) is 0 Å². The molecule has 0 aromatic heterocycles. The summed E-state index contributed by atoms with van der Waals surface area (Å²) >= 11 is 0. The molecule has 0 bridgehead atoms. The first kappa shape index (κ1) is 24.7. The fourth-order valence-corrected chi connectivity index (χ4v) is 2.76. The number of rotatable bonds is 6. The highest BCUT2D eigenvalue weighted by Crippen LogP contribution is 2.11. The zero-order valence-electron chi connectivity index (χ0n) is 17.8. The van der Waals surface area contributed by atoms with Crippen LogP contribution in [-0.4, -0.2) is 25.1 Å². The number of hydrogen-bond acceptors (Lipinski definition) is 2. The van der Waals surface area contributed by atoms with E-state index in [2.05, 4.69) is 58.3 Å². The molecule has 0 aliphatic rings. The van der Waals surface area contributed by atoms with E-state index in [-0.39, 0.29) is 36.0 Å². The minimum absolute atomic E-state index is 0. The maximum Gasteiger partial charge on any atom is 0.319 e. The lowest BCUT2D eigenvalue weighted by Gasteiger charge is -2.14. The summed E-state index contributed by atoms with van der Waals surface area (Å²) in [4.78, 5) is 16.0. The molecule has 7 heteroatoms. The van der Waals surface area contributed by atoms with Gasteiger partial charge in [-0.25, -0.2) is 4.79 Å². The van der Waals surface area contributed by atoms with Gasteiger partial charge in [-0.2, -0.15) is 0 Å². The van der Waals surface area contributed by atoms with Crippen LogP contribution in [0.2, 0.25) is 0 Å². The Labute approximate surface area is 191 Å². The SMILES string of the molecule is CN=C(NCc1ccc(NC(=O)NC(C)C)cc1)NCc1ccc(C)cc1C.I. The molecule has 4 N–H and O–H groups in total. The average Bonchev–Trinajstić information content (AvgIpc) is 2.63. The molecular formula is C22H32IN5O. The third-order valence-electron chi connectivity index (χ3n) is 4.26. The Morgan fingerprint density at radius 2 is 1.66 bits per heavy atom. The second-order valence-corrected chi connectivity index (χ2v) is 7.16. The number of guanidine groups is 1. The van der Waals surface area contributed by atoms with E-state index in [1.54, 1.807) is 7.05 Å². The zero-order chi connectivity index (χ0) is 20.5. The lowest BCUT2D eigenvalue weighted by molar-refractivity contribution is 0.250. The van der Waals surface area contributed by atoms with Crippen LogP contribution in [0, 0.1) is 13.8 Å². The molecule has 2 aromatic rings. The Kier molecular flexibility index (Phi) is 10.5. The Hall–Kier alpha value is -2.29. The van der Waals surface area contributed by atoms with Gasteiger partial charge in [0.2, 0.25) is 0 Å². The summed E-state index contributed by atoms with van der Waals surface area (Å²) in [5, 5.41) is 12.3. The van der Waals surface area contributed by atoms with Gasteiger partial charge in [-0.1, -0.05) is 35.9 Å². The standard InChI is InChI=1S/C22H31N5O.HI/c1-15(2)26-22(28)27-20-10-7-18(8-11-20)13-24-21(23-5)25-14-19-9-6-16(3)12-17(19)4;/h6-12,15H,13-14H2,1-5H3,(H2,23,24,25)(H2,26,27,28);1H. The molecule has 0 unspecified atom stereocenters. The van der Waals surface area contributed by atoms with Crippen LogP contribution < -0.4 is 21.3 Å². The van der Waals surface area contributed by atoms with Gasteiger partial charge in [0.25, 0.3) is 0 Å². The Morgan fingerprint density at radius 3 is 2.24 bits per heavy atom. The Morgan fingerprint density at radius 1 is 1.00 bits per heavy atom. The second kappa shape index (κ2) is 12.3. The molecule has 29 heavy (non-hydrogen) atoms. The van der Waals surface area contributed by atoms with Crippen molar-refractivity contribution in [3.63, 3.8) is 0 Å². The van der Waals surface area contributed by atoms with Crippen LogP contribution >= 0.6 is 24.0 Å². The Bertz CT molecular complexity index is 818. The molecular weight excluding hydrogens is 477 g/mol. The van der Waals surface area contributed by atoms with Crippen molar-refractivity contribution in [3.05, 3.63) is 64.7 Å². The summed E-state index contributed by atoms with van der Waals surface area (Å²) in [6, 6.07) is 14.1. The summed E-state index contributed by atoms with van der Waals surface area (Å²) in [5.74, 6) is 0.749. The van der Waals surface area contributed by atoms with Crippen LogP contribution in [0.4, 0.5) is 10.5 Å². The maximum absolute atomic E-state index is 11.7. The van der Waals surface area contributed by atoms with Crippen LogP contribution in [0.5, 0.6) is 0 Å². The van der Waals surface area contributed by atoms with Gasteiger partial charge in [-0.05, 0) is 56.5 Å². The highest BCUT2D eigenvalue weighted by atomic mass is 127. The number of carbonyl (C=O) groups is 1. The molecule has 0 spiro atoms. The van der Waals surface area contributed by atoms with E-state index in [1.165, 1.54) is 16.7 Å². The summed E-state index contributed by atoms with van der Waals surface area (Å²) in [7, 11) is 1.76. The largest absolute Gasteiger partial charge is 0.352 e. The summed E-state index contributed by atoms with van der Waals surface area (Å²) in [5.41, 5.74) is 5.66. The van der Waals surface area contributed by atoms with E-state index < -0.39 is 0 Å². The van der Waals surface area contributed by atoms with Gasteiger partial charge in [-0.15, -0.1) is 24.0 Å². The number of hydrogen-bond donors (Lipinski definition) is 4. The van der Waals surface area contributed by atoms with E-state index in [4.69, 9.17) is 0 Å². The predicted molar refractivity (Wildman–Crippen MR) is 132 cm³/mol. The summed E-state index contributed by atoms with van der Waals surface area (Å²) in [6.45, 7) is 9.44. The topological polar surface area (TPSA) is 77.5 Å². The number of amides is 2. The number of nitrogens with one attached hydrogen (secondary N) is 4. The number of aliphatic imine (C=N–C) groups is 1. The van der Waals surface area contributed by atoms with Gasteiger partial charge < -0.3 is 21.3 Å². The molecule has 0 heterocycles. The van der Waals surface area contributed by atoms with Crippen molar-refractivity contribution in [1.29, 1.82) is 0 Å². The molecule has 0 saturated heterocycles. The van der Waals surface area contributed by atoms with Gasteiger partial charge >= 0.3 is 6.03 Å². The first-order chi connectivity index (χ1) is 13.4. The van der Waals surface area contributed by atoms with Crippen molar-refractivity contribution >= 4 is 41.7 Å². The maximum atomic E-state index is 11.7. The highest BCUT2D eigenvalue weighted by Gasteiger charge is 2.04. The number of nitrogens with zero attached hydrogens (tertiary/aromatic N) is 1. The van der Waals surface area contributed by atoms with Crippen molar-refractivity contribution in [2.45, 2.75) is 46.8 Å². The van der Waals surface area contributed by atoms with Crippen molar-refractivity contribution < 1.29 is 4.79 Å². The van der Waals surface area contributed by atoms with Crippen LogP contribution in [0.1, 0.15) is 36.1 Å². The molecule has 158 valence electrons. The minimum atomic E-state index is -0.197. The molecule has 2 amide bonds. The normalized spacial score (nSPS) is 10.9. The van der Waals surface area contributed by atoms with Crippen LogP contribution in [0.3, 0.4) is 0 Å². The van der Waals surface area contributed by atoms with Crippen LogP contribution in [-0.2, 0) is 13.1 Å². The molecule has 0 radical (unpaired) electrons. The number of benzene rings is 2. The first-order valence-corrected chi connectivity index (χ1v) is 9.54. The van der Waals surface area contributed by atoms with Gasteiger partial charge in [0.15, 0.2) is 5.96 Å². The molecule has 0 atom stereocenters. The molecule has 2 rings (SSSR count). The lowest BCUT2D eigenvalue weighted by Crippen LogP contribution is -2.36. The molecule has 2 aromatic carbocycles. The summed E-state index contributed by atoms with van der Waals surface area (Å²) < 4.78 is 0. The molecule has 0 fully saturated rings. The first-order valence-electron chi connectivity index (χ1n) is 9.54. The molecule has 0 aliphatic heterocycles. The van der Waals surface area contributed by atoms with E-state index in [0.717, 1.165) is 23.8 Å². The van der Waals surface area contributed by atoms with Crippen molar-refractivity contribution in [2.24, 2.45) is 4.99 Å². The molecule has 0 saturated carbocycles.